The molecule has 0 amide bonds. The SMILES string of the molecule is CC#CCC(=O)c1ccc2sccc2c1. The summed E-state index contributed by atoms with van der Waals surface area (Å²) < 4.78 is 1.22. The lowest BCUT2D eigenvalue weighted by molar-refractivity contribution is 0.0998. The summed E-state index contributed by atoms with van der Waals surface area (Å²) in [6, 6.07) is 7.83. The molecule has 1 aromatic heterocycles. The van der Waals surface area contributed by atoms with E-state index in [0.717, 1.165) is 10.9 Å². The summed E-state index contributed by atoms with van der Waals surface area (Å²) in [6.07, 6.45) is 0.312. The van der Waals surface area contributed by atoms with Crippen molar-refractivity contribution >= 4 is 27.2 Å². The van der Waals surface area contributed by atoms with Gasteiger partial charge in [0.1, 0.15) is 0 Å². The molecule has 0 aliphatic rings. The first-order valence-corrected chi connectivity index (χ1v) is 5.59. The molecule has 74 valence electrons. The third-order valence-electron chi connectivity index (χ3n) is 2.20. The van der Waals surface area contributed by atoms with Gasteiger partial charge in [-0.15, -0.1) is 17.3 Å². The molecule has 1 heterocycles. The fourth-order valence-electron chi connectivity index (χ4n) is 1.41. The predicted octanol–water partition coefficient (Wildman–Crippen LogP) is 3.50. The molecular formula is C13H10OS. The minimum absolute atomic E-state index is 0.0949. The zero-order valence-electron chi connectivity index (χ0n) is 8.41. The average molecular weight is 214 g/mol. The summed E-state index contributed by atoms with van der Waals surface area (Å²) in [5.41, 5.74) is 0.753. The molecule has 0 saturated carbocycles. The van der Waals surface area contributed by atoms with Crippen LogP contribution in [0.3, 0.4) is 0 Å². The van der Waals surface area contributed by atoms with Crippen LogP contribution >= 0.6 is 11.3 Å². The number of carbonyl (C=O) groups is 1. The molecule has 2 aromatic rings. The van der Waals surface area contributed by atoms with Crippen molar-refractivity contribution in [3.63, 3.8) is 0 Å². The summed E-state index contributed by atoms with van der Waals surface area (Å²) in [7, 11) is 0. The van der Waals surface area contributed by atoms with E-state index in [0.29, 0.717) is 6.42 Å². The van der Waals surface area contributed by atoms with Gasteiger partial charge in [0.2, 0.25) is 0 Å². The number of fused-ring (bicyclic) bond motifs is 1. The number of ketones is 1. The summed E-state index contributed by atoms with van der Waals surface area (Å²) in [5, 5.41) is 3.17. The fourth-order valence-corrected chi connectivity index (χ4v) is 2.18. The van der Waals surface area contributed by atoms with Crippen molar-refractivity contribution in [2.75, 3.05) is 0 Å². The maximum atomic E-state index is 11.7. The molecule has 2 rings (SSSR count). The number of benzene rings is 1. The maximum absolute atomic E-state index is 11.7. The van der Waals surface area contributed by atoms with E-state index < -0.39 is 0 Å². The zero-order valence-corrected chi connectivity index (χ0v) is 9.23. The topological polar surface area (TPSA) is 17.1 Å². The first-order valence-electron chi connectivity index (χ1n) is 4.71. The molecule has 0 bridgehead atoms. The van der Waals surface area contributed by atoms with Crippen molar-refractivity contribution in [3.05, 3.63) is 35.2 Å². The monoisotopic (exact) mass is 214 g/mol. The highest BCUT2D eigenvalue weighted by atomic mass is 32.1. The Labute approximate surface area is 92.7 Å². The van der Waals surface area contributed by atoms with Gasteiger partial charge in [-0.05, 0) is 42.0 Å². The quantitative estimate of drug-likeness (QED) is 0.552. The van der Waals surface area contributed by atoms with Gasteiger partial charge in [-0.2, -0.15) is 0 Å². The minimum Gasteiger partial charge on any atom is -0.293 e. The van der Waals surface area contributed by atoms with Crippen molar-refractivity contribution < 1.29 is 4.79 Å². The number of rotatable bonds is 2. The van der Waals surface area contributed by atoms with E-state index in [4.69, 9.17) is 0 Å². The Kier molecular flexibility index (Phi) is 2.84. The number of hydrogen-bond acceptors (Lipinski definition) is 2. The second kappa shape index (κ2) is 4.29. The van der Waals surface area contributed by atoms with Gasteiger partial charge in [0.05, 0.1) is 6.42 Å². The van der Waals surface area contributed by atoms with Crippen molar-refractivity contribution in [1.82, 2.24) is 0 Å². The minimum atomic E-state index is 0.0949. The number of hydrogen-bond donors (Lipinski definition) is 0. The molecule has 0 N–H and O–H groups in total. The van der Waals surface area contributed by atoms with Crippen molar-refractivity contribution in [2.24, 2.45) is 0 Å². The van der Waals surface area contributed by atoms with Crippen molar-refractivity contribution in [2.45, 2.75) is 13.3 Å². The molecule has 0 radical (unpaired) electrons. The van der Waals surface area contributed by atoms with Gasteiger partial charge >= 0.3 is 0 Å². The second-order valence-corrected chi connectivity index (χ2v) is 4.15. The molecule has 0 aliphatic heterocycles. The Morgan fingerprint density at radius 2 is 2.27 bits per heavy atom. The molecule has 15 heavy (non-hydrogen) atoms. The molecule has 1 nitrogen and oxygen atoms in total. The first-order chi connectivity index (χ1) is 7.31. The molecule has 0 aliphatic carbocycles. The third kappa shape index (κ3) is 2.08. The molecule has 0 saturated heterocycles. The van der Waals surface area contributed by atoms with Crippen LogP contribution in [0.15, 0.2) is 29.6 Å². The Bertz CT molecular complexity index is 554. The second-order valence-electron chi connectivity index (χ2n) is 3.20. The van der Waals surface area contributed by atoms with Crippen LogP contribution in [0.2, 0.25) is 0 Å². The lowest BCUT2D eigenvalue weighted by Crippen LogP contribution is -1.96. The zero-order chi connectivity index (χ0) is 10.7. The molecule has 0 atom stereocenters. The predicted molar refractivity (Wildman–Crippen MR) is 64.2 cm³/mol. The first kappa shape index (κ1) is 9.95. The van der Waals surface area contributed by atoms with E-state index >= 15 is 0 Å². The van der Waals surface area contributed by atoms with Crippen LogP contribution in [0, 0.1) is 11.8 Å². The molecular weight excluding hydrogens is 204 g/mol. The van der Waals surface area contributed by atoms with E-state index in [2.05, 4.69) is 11.8 Å². The van der Waals surface area contributed by atoms with Gasteiger partial charge < -0.3 is 0 Å². The lowest BCUT2D eigenvalue weighted by Gasteiger charge is -1.96. The van der Waals surface area contributed by atoms with Crippen LogP contribution in [-0.4, -0.2) is 5.78 Å². The Morgan fingerprint density at radius 1 is 1.40 bits per heavy atom. The molecule has 1 aromatic carbocycles. The van der Waals surface area contributed by atoms with Gasteiger partial charge in [-0.1, -0.05) is 5.92 Å². The van der Waals surface area contributed by atoms with E-state index in [1.54, 1.807) is 18.3 Å². The van der Waals surface area contributed by atoms with Gasteiger partial charge in [0.25, 0.3) is 0 Å². The average Bonchev–Trinajstić information content (AvgIpc) is 2.72. The van der Waals surface area contributed by atoms with Crippen LogP contribution in [-0.2, 0) is 0 Å². The van der Waals surface area contributed by atoms with Crippen LogP contribution < -0.4 is 0 Å². The van der Waals surface area contributed by atoms with Crippen molar-refractivity contribution in [3.8, 4) is 11.8 Å². The van der Waals surface area contributed by atoms with E-state index in [9.17, 15) is 4.79 Å². The Morgan fingerprint density at radius 3 is 3.07 bits per heavy atom. The highest BCUT2D eigenvalue weighted by Crippen LogP contribution is 2.22. The van der Waals surface area contributed by atoms with Gasteiger partial charge in [0.15, 0.2) is 5.78 Å². The summed E-state index contributed by atoms with van der Waals surface area (Å²) in [5.74, 6) is 5.62. The van der Waals surface area contributed by atoms with Gasteiger partial charge in [-0.3, -0.25) is 4.79 Å². The van der Waals surface area contributed by atoms with E-state index in [1.165, 1.54) is 4.70 Å². The van der Waals surface area contributed by atoms with Crippen LogP contribution in [0.4, 0.5) is 0 Å². The van der Waals surface area contributed by atoms with Gasteiger partial charge in [-0.25, -0.2) is 0 Å². The van der Waals surface area contributed by atoms with Crippen LogP contribution in [0.25, 0.3) is 10.1 Å². The Balaban J connectivity index is 2.33. The number of carbonyl (C=O) groups excluding carboxylic acids is 1. The standard InChI is InChI=1S/C13H10OS/c1-2-3-4-12(14)10-5-6-13-11(9-10)7-8-15-13/h5-9H,4H2,1H3. The van der Waals surface area contributed by atoms with E-state index in [1.807, 2.05) is 29.6 Å². The van der Waals surface area contributed by atoms with Crippen LogP contribution in [0.5, 0.6) is 0 Å². The summed E-state index contributed by atoms with van der Waals surface area (Å²) in [6.45, 7) is 1.75. The van der Waals surface area contributed by atoms with Gasteiger partial charge in [0, 0.05) is 10.3 Å². The Hall–Kier alpha value is -1.59. The highest BCUT2D eigenvalue weighted by molar-refractivity contribution is 7.17. The number of Topliss-reactive ketones (excluding diaryl/α,β-unsaturated/α-hetero) is 1. The van der Waals surface area contributed by atoms with E-state index in [-0.39, 0.29) is 5.78 Å². The molecule has 0 fully saturated rings. The number of thiophene rings is 1. The third-order valence-corrected chi connectivity index (χ3v) is 3.10. The van der Waals surface area contributed by atoms with Crippen molar-refractivity contribution in [1.29, 1.82) is 0 Å². The van der Waals surface area contributed by atoms with Crippen LogP contribution in [0.1, 0.15) is 23.7 Å². The molecule has 0 spiro atoms. The molecule has 0 unspecified atom stereocenters. The molecule has 2 heteroatoms. The largest absolute Gasteiger partial charge is 0.293 e. The smallest absolute Gasteiger partial charge is 0.174 e. The summed E-state index contributed by atoms with van der Waals surface area (Å²) in [4.78, 5) is 11.7. The highest BCUT2D eigenvalue weighted by Gasteiger charge is 2.05. The lowest BCUT2D eigenvalue weighted by atomic mass is 10.1. The normalized spacial score (nSPS) is 9.67. The summed E-state index contributed by atoms with van der Waals surface area (Å²) >= 11 is 1.69. The maximum Gasteiger partial charge on any atom is 0.174 e. The fraction of sp³-hybridized carbons (Fsp3) is 0.154.